The molecule has 4 nitrogen and oxygen atoms in total. The van der Waals surface area contributed by atoms with E-state index in [-0.39, 0.29) is 17.3 Å². The summed E-state index contributed by atoms with van der Waals surface area (Å²) in [5.74, 6) is -0.00741. The van der Waals surface area contributed by atoms with Crippen molar-refractivity contribution in [2.24, 2.45) is 11.7 Å². The summed E-state index contributed by atoms with van der Waals surface area (Å²) >= 11 is 1.37. The smallest absolute Gasteiger partial charge is 0.271 e. The number of nitrogens with zero attached hydrogens (tertiary/aromatic N) is 1. The highest BCUT2D eigenvalue weighted by Gasteiger charge is 2.41. The number of benzene rings is 1. The van der Waals surface area contributed by atoms with Gasteiger partial charge in [0.05, 0.1) is 10.5 Å². The molecule has 1 aliphatic rings. The first-order valence-electron chi connectivity index (χ1n) is 7.72. The molecule has 1 aromatic heterocycles. The Morgan fingerprint density at radius 1 is 1.48 bits per heavy atom. The Bertz CT molecular complexity index is 713. The highest BCUT2D eigenvalue weighted by atomic mass is 32.1. The number of hydrogen-bond donors (Lipinski definition) is 2. The van der Waals surface area contributed by atoms with E-state index in [4.69, 9.17) is 5.73 Å². The van der Waals surface area contributed by atoms with Crippen molar-refractivity contribution in [1.29, 1.82) is 0 Å². The van der Waals surface area contributed by atoms with Crippen molar-refractivity contribution in [1.82, 2.24) is 10.3 Å². The molecule has 0 bridgehead atoms. The highest BCUT2D eigenvalue weighted by Crippen LogP contribution is 2.39. The normalized spacial score (nSPS) is 16.8. The molecule has 1 unspecified atom stereocenters. The maximum Gasteiger partial charge on any atom is 0.271 e. The topological polar surface area (TPSA) is 68.0 Å². The number of amides is 1. The van der Waals surface area contributed by atoms with Crippen LogP contribution < -0.4 is 11.1 Å². The summed E-state index contributed by atoms with van der Waals surface area (Å²) in [5.41, 5.74) is 6.41. The van der Waals surface area contributed by atoms with E-state index in [2.05, 4.69) is 10.3 Å². The molecular formula is C17H20FN3OS. The number of carbonyl (C=O) groups excluding carboxylic acids is 1. The van der Waals surface area contributed by atoms with Crippen LogP contribution in [0.15, 0.2) is 29.6 Å². The van der Waals surface area contributed by atoms with Crippen LogP contribution in [0, 0.1) is 11.7 Å². The SMILES string of the molecule is CC(CN)(NC(=O)c1csc(Cc2ccccc2F)n1)C1CC1. The number of aromatic nitrogens is 1. The fourth-order valence-corrected chi connectivity index (χ4v) is 3.46. The number of thiazole rings is 1. The van der Waals surface area contributed by atoms with Gasteiger partial charge < -0.3 is 11.1 Å². The van der Waals surface area contributed by atoms with Gasteiger partial charge in [-0.15, -0.1) is 11.3 Å². The lowest BCUT2D eigenvalue weighted by atomic mass is 9.96. The van der Waals surface area contributed by atoms with Crippen LogP contribution >= 0.6 is 11.3 Å². The van der Waals surface area contributed by atoms with Crippen LogP contribution in [-0.2, 0) is 6.42 Å². The Hall–Kier alpha value is -1.79. The minimum atomic E-state index is -0.369. The van der Waals surface area contributed by atoms with Crippen molar-refractivity contribution in [3.8, 4) is 0 Å². The first kappa shape index (κ1) is 16.1. The summed E-state index contributed by atoms with van der Waals surface area (Å²) in [6.07, 6.45) is 2.59. The van der Waals surface area contributed by atoms with Gasteiger partial charge in [-0.2, -0.15) is 0 Å². The fraction of sp³-hybridized carbons (Fsp3) is 0.412. The molecule has 1 amide bonds. The van der Waals surface area contributed by atoms with Gasteiger partial charge in [0.2, 0.25) is 0 Å². The predicted octanol–water partition coefficient (Wildman–Crippen LogP) is 2.73. The lowest BCUT2D eigenvalue weighted by Gasteiger charge is -2.29. The summed E-state index contributed by atoms with van der Waals surface area (Å²) in [7, 11) is 0. The average Bonchev–Trinajstić information content (AvgIpc) is 3.30. The largest absolute Gasteiger partial charge is 0.344 e. The fourth-order valence-electron chi connectivity index (χ4n) is 2.66. The van der Waals surface area contributed by atoms with Crippen LogP contribution in [0.25, 0.3) is 0 Å². The van der Waals surface area contributed by atoms with E-state index in [9.17, 15) is 9.18 Å². The third-order valence-electron chi connectivity index (χ3n) is 4.39. The van der Waals surface area contributed by atoms with Gasteiger partial charge in [0, 0.05) is 18.3 Å². The lowest BCUT2D eigenvalue weighted by Crippen LogP contribution is -2.53. The molecule has 0 saturated heterocycles. The molecule has 1 aromatic carbocycles. The van der Waals surface area contributed by atoms with E-state index in [1.807, 2.05) is 6.92 Å². The number of rotatable bonds is 6. The first-order valence-corrected chi connectivity index (χ1v) is 8.60. The van der Waals surface area contributed by atoms with Crippen molar-refractivity contribution in [3.63, 3.8) is 0 Å². The molecule has 3 rings (SSSR count). The van der Waals surface area contributed by atoms with Crippen molar-refractivity contribution in [2.45, 2.75) is 31.7 Å². The number of carbonyl (C=O) groups is 1. The zero-order valence-corrected chi connectivity index (χ0v) is 13.8. The van der Waals surface area contributed by atoms with Crippen molar-refractivity contribution >= 4 is 17.2 Å². The minimum Gasteiger partial charge on any atom is -0.344 e. The summed E-state index contributed by atoms with van der Waals surface area (Å²) < 4.78 is 13.7. The molecule has 1 atom stereocenters. The minimum absolute atomic E-state index is 0.208. The third-order valence-corrected chi connectivity index (χ3v) is 5.23. The van der Waals surface area contributed by atoms with Crippen LogP contribution in [0.4, 0.5) is 4.39 Å². The lowest BCUT2D eigenvalue weighted by molar-refractivity contribution is 0.0893. The van der Waals surface area contributed by atoms with Crippen LogP contribution in [-0.4, -0.2) is 23.0 Å². The van der Waals surface area contributed by atoms with E-state index >= 15 is 0 Å². The van der Waals surface area contributed by atoms with E-state index in [0.717, 1.165) is 17.8 Å². The van der Waals surface area contributed by atoms with Crippen LogP contribution in [0.5, 0.6) is 0 Å². The Morgan fingerprint density at radius 3 is 2.87 bits per heavy atom. The van der Waals surface area contributed by atoms with Gasteiger partial charge in [0.25, 0.3) is 5.91 Å². The average molecular weight is 333 g/mol. The zero-order chi connectivity index (χ0) is 16.4. The van der Waals surface area contributed by atoms with E-state index in [1.165, 1.54) is 17.4 Å². The van der Waals surface area contributed by atoms with Crippen LogP contribution in [0.1, 0.15) is 40.8 Å². The molecule has 122 valence electrons. The van der Waals surface area contributed by atoms with Gasteiger partial charge in [0.1, 0.15) is 11.5 Å². The third kappa shape index (κ3) is 3.59. The molecule has 1 saturated carbocycles. The summed E-state index contributed by atoms with van der Waals surface area (Å²) in [4.78, 5) is 16.7. The Labute approximate surface area is 138 Å². The molecule has 0 spiro atoms. The molecule has 23 heavy (non-hydrogen) atoms. The van der Waals surface area contributed by atoms with E-state index in [1.54, 1.807) is 23.6 Å². The maximum absolute atomic E-state index is 13.7. The number of halogens is 1. The van der Waals surface area contributed by atoms with E-state index < -0.39 is 0 Å². The first-order chi connectivity index (χ1) is 11.0. The molecule has 2 aromatic rings. The summed E-state index contributed by atoms with van der Waals surface area (Å²) in [5, 5.41) is 5.46. The molecule has 1 fully saturated rings. The quantitative estimate of drug-likeness (QED) is 0.854. The number of hydrogen-bond acceptors (Lipinski definition) is 4. The van der Waals surface area contributed by atoms with Gasteiger partial charge in [-0.3, -0.25) is 4.79 Å². The van der Waals surface area contributed by atoms with Crippen molar-refractivity contribution in [3.05, 3.63) is 51.7 Å². The molecule has 0 aliphatic heterocycles. The zero-order valence-electron chi connectivity index (χ0n) is 13.0. The Kier molecular flexibility index (Phi) is 4.46. The summed E-state index contributed by atoms with van der Waals surface area (Å²) in [6.45, 7) is 2.39. The van der Waals surface area contributed by atoms with Gasteiger partial charge in [0.15, 0.2) is 0 Å². The van der Waals surface area contributed by atoms with Crippen molar-refractivity contribution < 1.29 is 9.18 Å². The van der Waals surface area contributed by atoms with Gasteiger partial charge in [-0.25, -0.2) is 9.37 Å². The Balaban J connectivity index is 1.69. The molecular weight excluding hydrogens is 313 g/mol. The second kappa shape index (κ2) is 6.37. The molecule has 0 radical (unpaired) electrons. The molecule has 6 heteroatoms. The number of nitrogens with one attached hydrogen (secondary N) is 1. The monoisotopic (exact) mass is 333 g/mol. The second-order valence-electron chi connectivity index (χ2n) is 6.24. The Morgan fingerprint density at radius 2 is 2.22 bits per heavy atom. The van der Waals surface area contributed by atoms with Crippen LogP contribution in [0.3, 0.4) is 0 Å². The van der Waals surface area contributed by atoms with Crippen molar-refractivity contribution in [2.75, 3.05) is 6.54 Å². The predicted molar refractivity (Wildman–Crippen MR) is 89.0 cm³/mol. The summed E-state index contributed by atoms with van der Waals surface area (Å²) in [6, 6.07) is 6.61. The van der Waals surface area contributed by atoms with Gasteiger partial charge >= 0.3 is 0 Å². The van der Waals surface area contributed by atoms with Crippen LogP contribution in [0.2, 0.25) is 0 Å². The van der Waals surface area contributed by atoms with E-state index in [0.29, 0.717) is 30.1 Å². The van der Waals surface area contributed by atoms with Gasteiger partial charge in [-0.05, 0) is 37.3 Å². The molecule has 3 N–H and O–H groups in total. The maximum atomic E-state index is 13.7. The highest BCUT2D eigenvalue weighted by molar-refractivity contribution is 7.09. The number of nitrogens with two attached hydrogens (primary N) is 1. The molecule has 1 heterocycles. The standard InChI is InChI=1S/C17H20FN3OS/c1-17(10-19,12-6-7-12)21-16(22)14-9-23-15(20-14)8-11-4-2-3-5-13(11)18/h2-5,9,12H,6-8,10,19H2,1H3,(H,21,22). The van der Waals surface area contributed by atoms with Gasteiger partial charge in [-0.1, -0.05) is 18.2 Å². The second-order valence-corrected chi connectivity index (χ2v) is 7.19. The molecule has 1 aliphatic carbocycles.